The van der Waals surface area contributed by atoms with Crippen molar-refractivity contribution >= 4 is 75.1 Å². The summed E-state index contributed by atoms with van der Waals surface area (Å²) in [5, 5.41) is 12.9. The van der Waals surface area contributed by atoms with Gasteiger partial charge in [-0.05, 0) is 81.8 Å². The van der Waals surface area contributed by atoms with Crippen LogP contribution in [0.4, 0.5) is 28.1 Å². The Balaban J connectivity index is 0.000000721. The van der Waals surface area contributed by atoms with Crippen molar-refractivity contribution < 1.29 is 33.4 Å². The number of carbonyl (C=O) groups is 4. The molecule has 1 atom stereocenters. The van der Waals surface area contributed by atoms with Gasteiger partial charge in [-0.25, -0.2) is 15.0 Å². The van der Waals surface area contributed by atoms with Crippen molar-refractivity contribution in [1.29, 1.82) is 0 Å². The third kappa shape index (κ3) is 18.3. The fraction of sp³-hybridized carbons (Fsp3) is 0.521. The number of aromatic nitrogens is 3. The molecule has 1 unspecified atom stereocenters. The number of rotatable bonds is 26. The van der Waals surface area contributed by atoms with Gasteiger partial charge in [0.2, 0.25) is 17.7 Å². The fourth-order valence-corrected chi connectivity index (χ4v) is 8.56. The van der Waals surface area contributed by atoms with Crippen molar-refractivity contribution in [3.05, 3.63) is 81.6 Å². The average Bonchev–Trinajstić information content (AvgIpc) is 3.76. The molecule has 6 rings (SSSR count). The van der Waals surface area contributed by atoms with Crippen LogP contribution in [0.25, 0.3) is 0 Å². The van der Waals surface area contributed by atoms with Gasteiger partial charge >= 0.3 is 0 Å². The van der Waals surface area contributed by atoms with E-state index < -0.39 is 0 Å². The van der Waals surface area contributed by atoms with Gasteiger partial charge < -0.3 is 35.1 Å². The first-order valence-corrected chi connectivity index (χ1v) is 24.2. The summed E-state index contributed by atoms with van der Waals surface area (Å²) >= 11 is 7.16. The highest BCUT2D eigenvalue weighted by atomic mass is 35.5. The zero-order valence-electron chi connectivity index (χ0n) is 38.6. The van der Waals surface area contributed by atoms with E-state index in [1.54, 1.807) is 12.3 Å². The van der Waals surface area contributed by atoms with E-state index in [4.69, 9.17) is 25.8 Å². The Bertz CT molecular complexity index is 2120. The largest absolute Gasteiger partial charge is 0.387 e. The van der Waals surface area contributed by atoms with Crippen LogP contribution in [0.5, 0.6) is 0 Å². The van der Waals surface area contributed by atoms with Crippen molar-refractivity contribution in [3.8, 4) is 0 Å². The second-order valence-corrected chi connectivity index (χ2v) is 17.7. The Labute approximate surface area is 397 Å². The molecule has 3 amide bonds. The van der Waals surface area contributed by atoms with Crippen LogP contribution in [-0.4, -0.2) is 123 Å². The van der Waals surface area contributed by atoms with Gasteiger partial charge in [0.1, 0.15) is 17.5 Å². The number of hydrogen-bond acceptors (Lipinski definition) is 15. The molecule has 2 aromatic heterocycles. The van der Waals surface area contributed by atoms with Gasteiger partial charge in [0.05, 0.1) is 54.1 Å². The second kappa shape index (κ2) is 28.9. The van der Waals surface area contributed by atoms with Gasteiger partial charge in [-0.2, -0.15) is 0 Å². The standard InChI is InChI=1S/C40H56N8O7S.C8H10ClN/c1-30-42-35(45-40-41-28-33(29-49)56-40)27-36(43-30)48-18-16-47(17-19-48)15-6-2-3-7-20-53-22-24-55-25-23-54-21-8-4-5-12-37(50)44-32-11-9-10-31(26-32)34-13-14-38(51)46-39(34)52;1-6-4-3-5-7(9)8(6)10-2/h9-11,26-29,34H,2-8,12-25H2,1H3,(H,44,50)(H,46,51,52)(H,41,42,43,45);3-5,10H,1-2H3. The minimum atomic E-state index is -0.375. The first kappa shape index (κ1) is 51.9. The number of halogens is 1. The molecular formula is C48H66ClN9O7S. The smallest absolute Gasteiger partial charge is 0.234 e. The first-order valence-electron chi connectivity index (χ1n) is 23.0. The number of ether oxygens (including phenoxy) is 3. The van der Waals surface area contributed by atoms with E-state index in [1.165, 1.54) is 29.7 Å². The normalized spacial score (nSPS) is 15.2. The molecule has 18 heteroatoms. The molecule has 4 aromatic rings. The number of amides is 3. The lowest BCUT2D eigenvalue weighted by Gasteiger charge is -2.35. The molecule has 0 spiro atoms. The van der Waals surface area contributed by atoms with Crippen LogP contribution < -0.4 is 26.2 Å². The Kier molecular flexibility index (Phi) is 22.7. The maximum Gasteiger partial charge on any atom is 0.234 e. The summed E-state index contributed by atoms with van der Waals surface area (Å²) in [5.41, 5.74) is 3.65. The van der Waals surface area contributed by atoms with Crippen molar-refractivity contribution in [3.63, 3.8) is 0 Å². The third-order valence-electron chi connectivity index (χ3n) is 11.1. The lowest BCUT2D eigenvalue weighted by molar-refractivity contribution is -0.134. The molecule has 4 N–H and O–H groups in total. The zero-order valence-corrected chi connectivity index (χ0v) is 40.2. The summed E-state index contributed by atoms with van der Waals surface area (Å²) in [6, 6.07) is 15.1. The molecule has 0 bridgehead atoms. The Morgan fingerprint density at radius 3 is 2.24 bits per heavy atom. The lowest BCUT2D eigenvalue weighted by atomic mass is 9.90. The summed E-state index contributed by atoms with van der Waals surface area (Å²) in [5.74, 6) is 1.32. The van der Waals surface area contributed by atoms with E-state index in [9.17, 15) is 19.2 Å². The van der Waals surface area contributed by atoms with E-state index in [2.05, 4.69) is 46.0 Å². The molecule has 2 aliphatic rings. The number of thiazole rings is 1. The molecule has 2 saturated heterocycles. The molecule has 2 fully saturated rings. The first-order chi connectivity index (χ1) is 32.1. The van der Waals surface area contributed by atoms with Gasteiger partial charge in [-0.1, -0.05) is 66.5 Å². The molecule has 358 valence electrons. The minimum Gasteiger partial charge on any atom is -0.387 e. The van der Waals surface area contributed by atoms with Gasteiger partial charge in [0.25, 0.3) is 0 Å². The van der Waals surface area contributed by atoms with Crippen molar-refractivity contribution in [2.45, 2.75) is 84.0 Å². The van der Waals surface area contributed by atoms with Crippen LogP contribution in [0.15, 0.2) is 54.7 Å². The summed E-state index contributed by atoms with van der Waals surface area (Å²) in [7, 11) is 1.87. The van der Waals surface area contributed by atoms with Crippen LogP contribution in [0.1, 0.15) is 96.7 Å². The maximum atomic E-state index is 12.4. The molecule has 0 radical (unpaired) electrons. The number of aryl methyl sites for hydroxylation is 2. The number of aldehydes is 1. The summed E-state index contributed by atoms with van der Waals surface area (Å²) in [6.07, 6.45) is 10.7. The van der Waals surface area contributed by atoms with E-state index in [0.29, 0.717) is 79.6 Å². The molecule has 16 nitrogen and oxygen atoms in total. The van der Waals surface area contributed by atoms with E-state index in [-0.39, 0.29) is 23.6 Å². The van der Waals surface area contributed by atoms with Crippen LogP contribution in [0.2, 0.25) is 5.02 Å². The van der Waals surface area contributed by atoms with Crippen LogP contribution in [0, 0.1) is 13.8 Å². The Morgan fingerprint density at radius 2 is 1.58 bits per heavy atom. The number of piperazine rings is 1. The van der Waals surface area contributed by atoms with E-state index in [1.807, 2.05) is 63.4 Å². The van der Waals surface area contributed by atoms with Gasteiger partial charge in [0, 0.05) is 71.0 Å². The van der Waals surface area contributed by atoms with E-state index >= 15 is 0 Å². The molecule has 0 aliphatic carbocycles. The Morgan fingerprint density at radius 1 is 0.879 bits per heavy atom. The van der Waals surface area contributed by atoms with Crippen molar-refractivity contribution in [1.82, 2.24) is 25.2 Å². The van der Waals surface area contributed by atoms with Crippen LogP contribution in [-0.2, 0) is 28.6 Å². The number of nitrogens with one attached hydrogen (secondary N) is 4. The van der Waals surface area contributed by atoms with Crippen molar-refractivity contribution in [2.75, 3.05) is 100 Å². The molecule has 0 saturated carbocycles. The average molecular weight is 949 g/mol. The maximum absolute atomic E-state index is 12.4. The minimum absolute atomic E-state index is 0.0612. The second-order valence-electron chi connectivity index (χ2n) is 16.2. The number of benzene rings is 2. The number of carbonyl (C=O) groups excluding carboxylic acids is 4. The molecular weight excluding hydrogens is 882 g/mol. The molecule has 4 heterocycles. The van der Waals surface area contributed by atoms with E-state index in [0.717, 1.165) is 99.8 Å². The molecule has 2 aromatic carbocycles. The molecule has 66 heavy (non-hydrogen) atoms. The number of piperidine rings is 1. The number of hydrogen-bond donors (Lipinski definition) is 4. The van der Waals surface area contributed by atoms with Gasteiger partial charge in [-0.3, -0.25) is 29.4 Å². The Hall–Kier alpha value is -5.04. The summed E-state index contributed by atoms with van der Waals surface area (Å²) < 4.78 is 17.0. The number of nitrogens with zero attached hydrogens (tertiary/aromatic N) is 5. The molecule has 2 aliphatic heterocycles. The summed E-state index contributed by atoms with van der Waals surface area (Å²) in [6.45, 7) is 12.5. The zero-order chi connectivity index (χ0) is 46.9. The number of unbranched alkanes of at least 4 members (excludes halogenated alkanes) is 5. The fourth-order valence-electron chi connectivity index (χ4n) is 7.61. The number of para-hydroxylation sites is 1. The number of imide groups is 1. The lowest BCUT2D eigenvalue weighted by Crippen LogP contribution is -2.47. The van der Waals surface area contributed by atoms with Crippen molar-refractivity contribution in [2.24, 2.45) is 0 Å². The quantitative estimate of drug-likeness (QED) is 0.0270. The monoisotopic (exact) mass is 947 g/mol. The number of anilines is 5. The SMILES string of the molecule is CNc1c(C)cccc1Cl.Cc1nc(Nc2ncc(C=O)s2)cc(N2CCN(CCCCCCOCCOCCOCCCCCC(=O)Nc3cccc(C4CCC(=O)NC4=O)c3)CC2)n1. The van der Waals surface area contributed by atoms with Crippen LogP contribution >= 0.6 is 22.9 Å². The third-order valence-corrected chi connectivity index (χ3v) is 12.3. The predicted molar refractivity (Wildman–Crippen MR) is 262 cm³/mol. The summed E-state index contributed by atoms with van der Waals surface area (Å²) in [4.78, 5) is 65.8. The van der Waals surface area contributed by atoms with Gasteiger partial charge in [0.15, 0.2) is 11.4 Å². The van der Waals surface area contributed by atoms with Crippen LogP contribution in [0.3, 0.4) is 0 Å². The topological polar surface area (TPSA) is 189 Å². The highest BCUT2D eigenvalue weighted by Gasteiger charge is 2.28. The highest BCUT2D eigenvalue weighted by Crippen LogP contribution is 2.28. The predicted octanol–water partition coefficient (Wildman–Crippen LogP) is 7.94. The van der Waals surface area contributed by atoms with Gasteiger partial charge in [-0.15, -0.1) is 0 Å². The highest BCUT2D eigenvalue weighted by molar-refractivity contribution is 7.17.